The Morgan fingerprint density at radius 1 is 0.964 bits per heavy atom. The fraction of sp³-hybridized carbons (Fsp3) is 0.436. The number of aryl methyl sites for hydroxylation is 1. The third kappa shape index (κ3) is 10.3. The van der Waals surface area contributed by atoms with E-state index in [1.165, 1.54) is 11.0 Å². The fourth-order valence-corrected chi connectivity index (χ4v) is 6.69. The molecule has 16 heteroatoms. The number of pyridine rings is 1. The fourth-order valence-electron chi connectivity index (χ4n) is 6.69. The number of nitrogens with one attached hydrogen (secondary N) is 4. The molecule has 55 heavy (non-hydrogen) atoms. The second kappa shape index (κ2) is 16.4. The van der Waals surface area contributed by atoms with E-state index < -0.39 is 53.4 Å². The van der Waals surface area contributed by atoms with Crippen LogP contribution in [0.15, 0.2) is 59.4 Å². The second-order valence-corrected chi connectivity index (χ2v) is 15.0. The summed E-state index contributed by atoms with van der Waals surface area (Å²) in [6, 6.07) is 11.8. The van der Waals surface area contributed by atoms with E-state index in [1.807, 2.05) is 5.32 Å². The monoisotopic (exact) mass is 765 g/mol. The van der Waals surface area contributed by atoms with Gasteiger partial charge in [-0.1, -0.05) is 30.3 Å². The van der Waals surface area contributed by atoms with Gasteiger partial charge in [0.15, 0.2) is 0 Å². The number of rotatable bonds is 11. The number of nitrogens with two attached hydrogens (primary N) is 1. The molecule has 4 aromatic rings. The molecule has 0 bridgehead atoms. The smallest absolute Gasteiger partial charge is 0.408 e. The summed E-state index contributed by atoms with van der Waals surface area (Å²) in [6.07, 6.45) is -2.66. The van der Waals surface area contributed by atoms with Crippen molar-refractivity contribution in [3.63, 3.8) is 0 Å². The molecule has 1 fully saturated rings. The standard InChI is InChI=1S/C39H46F3N7O6/c1-21-28(15-17-30(45-21)34(51)46-22(2)39(40,41)42)25-10-6-23(7-11-25)18-32(33(43)50)49(27-14-16-29-31(19-27)48-36(53)47-29)35(52)26-12-8-24(9-13-26)20-44-37(54)55-38(3,4)5/h6-7,10-11,14-17,19,22,24,26,32H,8-9,12-13,18,20H2,1-5H3,(H2,43,50)(H,44,54)(H,46,51)(H2,47,48,53)/t22?,24-,26-,32-/m0/s1. The van der Waals surface area contributed by atoms with Gasteiger partial charge in [-0.3, -0.25) is 19.3 Å². The number of halogens is 3. The van der Waals surface area contributed by atoms with Gasteiger partial charge in [0, 0.05) is 35.8 Å². The van der Waals surface area contributed by atoms with Crippen molar-refractivity contribution in [2.75, 3.05) is 11.4 Å². The number of H-pyrrole nitrogens is 2. The van der Waals surface area contributed by atoms with E-state index in [0.717, 1.165) is 6.92 Å². The van der Waals surface area contributed by atoms with Crippen LogP contribution < -0.4 is 27.0 Å². The molecule has 0 radical (unpaired) electrons. The third-order valence-corrected chi connectivity index (χ3v) is 9.64. The predicted molar refractivity (Wildman–Crippen MR) is 200 cm³/mol. The van der Waals surface area contributed by atoms with Crippen molar-refractivity contribution in [1.29, 1.82) is 0 Å². The molecule has 5 rings (SSSR count). The van der Waals surface area contributed by atoms with Crippen LogP contribution in [0.25, 0.3) is 22.2 Å². The number of anilines is 1. The van der Waals surface area contributed by atoms with Crippen LogP contribution in [0, 0.1) is 18.8 Å². The van der Waals surface area contributed by atoms with Gasteiger partial charge in [0.25, 0.3) is 5.91 Å². The minimum Gasteiger partial charge on any atom is -0.444 e. The van der Waals surface area contributed by atoms with Gasteiger partial charge in [0.1, 0.15) is 23.4 Å². The maximum Gasteiger partial charge on any atom is 0.408 e. The van der Waals surface area contributed by atoms with Crippen molar-refractivity contribution in [1.82, 2.24) is 25.6 Å². The lowest BCUT2D eigenvalue weighted by Crippen LogP contribution is -2.52. The minimum atomic E-state index is -4.59. The number of amides is 4. The summed E-state index contributed by atoms with van der Waals surface area (Å²) < 4.78 is 44.2. The van der Waals surface area contributed by atoms with Crippen molar-refractivity contribution in [3.05, 3.63) is 82.0 Å². The van der Waals surface area contributed by atoms with Gasteiger partial charge in [0.05, 0.1) is 11.0 Å². The summed E-state index contributed by atoms with van der Waals surface area (Å²) in [5, 5.41) is 4.72. The summed E-state index contributed by atoms with van der Waals surface area (Å²) in [5.41, 5.74) is 8.63. The number of nitrogens with zero attached hydrogens (tertiary/aromatic N) is 2. The van der Waals surface area contributed by atoms with Crippen LogP contribution in [0.2, 0.25) is 0 Å². The zero-order chi connectivity index (χ0) is 40.2. The van der Waals surface area contributed by atoms with Gasteiger partial charge >= 0.3 is 18.0 Å². The number of alkyl carbamates (subject to hydrolysis) is 1. The number of aromatic amines is 2. The number of hydrogen-bond acceptors (Lipinski definition) is 7. The highest BCUT2D eigenvalue weighted by molar-refractivity contribution is 6.02. The molecule has 2 aromatic carbocycles. The number of carbonyl (C=O) groups is 4. The molecule has 6 N–H and O–H groups in total. The Labute approximate surface area is 315 Å². The highest BCUT2D eigenvalue weighted by Crippen LogP contribution is 2.34. The number of benzene rings is 2. The highest BCUT2D eigenvalue weighted by atomic mass is 19.4. The average molecular weight is 766 g/mol. The maximum atomic E-state index is 14.4. The SMILES string of the molecule is Cc1nc(C(=O)NC(C)C(F)(F)F)ccc1-c1ccc(C[C@@H](C(N)=O)N(c2ccc3[nH]c(=O)[nH]c3c2)C(=O)[C@H]2CC[C@H](CNC(=O)OC(C)(C)C)CC2)cc1. The first-order valence-electron chi connectivity index (χ1n) is 18.0. The Morgan fingerprint density at radius 3 is 2.22 bits per heavy atom. The van der Waals surface area contributed by atoms with Gasteiger partial charge in [-0.15, -0.1) is 0 Å². The minimum absolute atomic E-state index is 0.0614. The molecule has 2 heterocycles. The zero-order valence-corrected chi connectivity index (χ0v) is 31.3. The summed E-state index contributed by atoms with van der Waals surface area (Å²) >= 11 is 0. The van der Waals surface area contributed by atoms with Crippen molar-refractivity contribution in [3.8, 4) is 11.1 Å². The summed E-state index contributed by atoms with van der Waals surface area (Å²) in [7, 11) is 0. The molecule has 0 spiro atoms. The van der Waals surface area contributed by atoms with Crippen LogP contribution in [0.5, 0.6) is 0 Å². The van der Waals surface area contributed by atoms with Crippen LogP contribution in [0.3, 0.4) is 0 Å². The molecule has 1 unspecified atom stereocenters. The maximum absolute atomic E-state index is 14.4. The largest absolute Gasteiger partial charge is 0.444 e. The molecule has 0 saturated heterocycles. The topological polar surface area (TPSA) is 192 Å². The number of alkyl halides is 3. The molecule has 2 atom stereocenters. The number of fused-ring (bicyclic) bond motifs is 1. The highest BCUT2D eigenvalue weighted by Gasteiger charge is 2.38. The van der Waals surface area contributed by atoms with E-state index in [0.29, 0.717) is 71.3 Å². The quantitative estimate of drug-likeness (QED) is 0.130. The Kier molecular flexibility index (Phi) is 12.1. The predicted octanol–water partition coefficient (Wildman–Crippen LogP) is 5.67. The molecule has 294 valence electrons. The first-order chi connectivity index (χ1) is 25.8. The molecule has 0 aliphatic heterocycles. The number of imidazole rings is 1. The van der Waals surface area contributed by atoms with Crippen molar-refractivity contribution in [2.24, 2.45) is 17.6 Å². The average Bonchev–Trinajstić information content (AvgIpc) is 3.49. The molecule has 1 aliphatic rings. The van der Waals surface area contributed by atoms with Crippen LogP contribution in [0.4, 0.5) is 23.7 Å². The molecular formula is C39H46F3N7O6. The summed E-state index contributed by atoms with van der Waals surface area (Å²) in [4.78, 5) is 75.3. The number of ether oxygens (including phenoxy) is 1. The van der Waals surface area contributed by atoms with Gasteiger partial charge in [0.2, 0.25) is 11.8 Å². The van der Waals surface area contributed by atoms with Gasteiger partial charge in [-0.2, -0.15) is 13.2 Å². The Bertz CT molecular complexity index is 2100. The Morgan fingerprint density at radius 2 is 1.62 bits per heavy atom. The normalized spacial score (nSPS) is 17.2. The van der Waals surface area contributed by atoms with E-state index in [4.69, 9.17) is 10.5 Å². The third-order valence-electron chi connectivity index (χ3n) is 9.64. The Balaban J connectivity index is 1.34. The Hall–Kier alpha value is -5.67. The first-order valence-corrected chi connectivity index (χ1v) is 18.0. The van der Waals surface area contributed by atoms with Crippen LogP contribution in [-0.2, 0) is 20.7 Å². The lowest BCUT2D eigenvalue weighted by molar-refractivity contribution is -0.149. The molecule has 13 nitrogen and oxygen atoms in total. The van der Waals surface area contributed by atoms with Crippen molar-refractivity contribution >= 4 is 40.5 Å². The van der Waals surface area contributed by atoms with E-state index in [1.54, 1.807) is 76.2 Å². The first kappa shape index (κ1) is 40.5. The molecule has 1 saturated carbocycles. The molecule has 4 amide bonds. The number of aromatic nitrogens is 3. The number of carbonyl (C=O) groups excluding carboxylic acids is 4. The van der Waals surface area contributed by atoms with Crippen molar-refractivity contribution < 1.29 is 37.1 Å². The molecular weight excluding hydrogens is 719 g/mol. The van der Waals surface area contributed by atoms with Crippen LogP contribution in [0.1, 0.15) is 75.1 Å². The van der Waals surface area contributed by atoms with E-state index in [9.17, 15) is 37.1 Å². The van der Waals surface area contributed by atoms with E-state index in [2.05, 4.69) is 20.3 Å². The van der Waals surface area contributed by atoms with Gasteiger partial charge < -0.3 is 31.1 Å². The number of primary amides is 1. The lowest BCUT2D eigenvalue weighted by atomic mass is 9.81. The van der Waals surface area contributed by atoms with Crippen LogP contribution >= 0.6 is 0 Å². The zero-order valence-electron chi connectivity index (χ0n) is 31.3. The van der Waals surface area contributed by atoms with Crippen LogP contribution in [-0.4, -0.2) is 69.2 Å². The second-order valence-electron chi connectivity index (χ2n) is 15.0. The molecule has 1 aliphatic carbocycles. The van der Waals surface area contributed by atoms with E-state index >= 15 is 0 Å². The van der Waals surface area contributed by atoms with Crippen molar-refractivity contribution in [2.45, 2.75) is 90.6 Å². The number of hydrogen-bond donors (Lipinski definition) is 5. The van der Waals surface area contributed by atoms with Gasteiger partial charge in [-0.25, -0.2) is 14.6 Å². The van der Waals surface area contributed by atoms with E-state index in [-0.39, 0.29) is 23.9 Å². The molecule has 2 aromatic heterocycles. The summed E-state index contributed by atoms with van der Waals surface area (Å²) in [6.45, 7) is 8.26. The lowest BCUT2D eigenvalue weighted by Gasteiger charge is -2.36. The summed E-state index contributed by atoms with van der Waals surface area (Å²) in [5.74, 6) is -2.25. The van der Waals surface area contributed by atoms with Gasteiger partial charge in [-0.05, 0) is 102 Å².